The minimum Gasteiger partial charge on any atom is -0.319 e. The zero-order chi connectivity index (χ0) is 14.9. The van der Waals surface area contributed by atoms with Crippen LogP contribution in [0.5, 0.6) is 0 Å². The highest BCUT2D eigenvalue weighted by Gasteiger charge is 2.32. The van der Waals surface area contributed by atoms with Gasteiger partial charge in [-0.3, -0.25) is 10.1 Å². The summed E-state index contributed by atoms with van der Waals surface area (Å²) in [5.41, 5.74) is 7.80. The lowest BCUT2D eigenvalue weighted by atomic mass is 9.83. The molecule has 5 nitrogen and oxygen atoms in total. The average molecular weight is 303 g/mol. The Morgan fingerprint density at radius 1 is 1.29 bits per heavy atom. The third kappa shape index (κ3) is 2.82. The molecular formula is C15H17N3O2S. The van der Waals surface area contributed by atoms with Crippen molar-refractivity contribution in [3.05, 3.63) is 44.8 Å². The van der Waals surface area contributed by atoms with Crippen LogP contribution in [0.3, 0.4) is 0 Å². The van der Waals surface area contributed by atoms with Crippen LogP contribution in [0.1, 0.15) is 37.1 Å². The third-order valence-corrected chi connectivity index (χ3v) is 5.09. The monoisotopic (exact) mass is 303 g/mol. The van der Waals surface area contributed by atoms with E-state index in [0.717, 1.165) is 41.9 Å². The number of nitro benzene ring substituents is 1. The number of aromatic nitrogens is 1. The van der Waals surface area contributed by atoms with E-state index in [2.05, 4.69) is 4.98 Å². The minimum absolute atomic E-state index is 0.0854. The molecule has 1 aromatic carbocycles. The van der Waals surface area contributed by atoms with Crippen molar-refractivity contribution in [1.29, 1.82) is 0 Å². The van der Waals surface area contributed by atoms with Gasteiger partial charge < -0.3 is 5.73 Å². The van der Waals surface area contributed by atoms with E-state index in [4.69, 9.17) is 5.73 Å². The summed E-state index contributed by atoms with van der Waals surface area (Å²) in [6.07, 6.45) is 5.45. The van der Waals surface area contributed by atoms with E-state index in [1.54, 1.807) is 23.5 Å². The van der Waals surface area contributed by atoms with Gasteiger partial charge in [0.1, 0.15) is 5.01 Å². The van der Waals surface area contributed by atoms with Crippen molar-refractivity contribution in [3.8, 4) is 11.3 Å². The summed E-state index contributed by atoms with van der Waals surface area (Å²) in [5, 5.41) is 13.7. The van der Waals surface area contributed by atoms with Crippen molar-refractivity contribution in [1.82, 2.24) is 4.98 Å². The smallest absolute Gasteiger partial charge is 0.270 e. The summed E-state index contributed by atoms with van der Waals surface area (Å²) in [6, 6.07) is 6.58. The van der Waals surface area contributed by atoms with Crippen LogP contribution in [0, 0.1) is 10.1 Å². The van der Waals surface area contributed by atoms with Gasteiger partial charge in [0.25, 0.3) is 5.69 Å². The molecule has 1 fully saturated rings. The highest BCUT2D eigenvalue weighted by atomic mass is 32.1. The zero-order valence-electron chi connectivity index (χ0n) is 11.6. The second kappa shape index (κ2) is 5.54. The summed E-state index contributed by atoms with van der Waals surface area (Å²) in [5.74, 6) is 0. The lowest BCUT2D eigenvalue weighted by Crippen LogP contribution is -2.38. The van der Waals surface area contributed by atoms with Crippen LogP contribution < -0.4 is 5.73 Å². The van der Waals surface area contributed by atoms with Gasteiger partial charge >= 0.3 is 0 Å². The fourth-order valence-corrected chi connectivity index (χ4v) is 3.81. The first-order valence-corrected chi connectivity index (χ1v) is 7.96. The number of non-ortho nitro benzene ring substituents is 1. The SMILES string of the molecule is NC1(c2nc(-c3cccc([N+](=O)[O-])c3)cs2)CCCCC1. The van der Waals surface area contributed by atoms with Gasteiger partial charge in [0, 0.05) is 23.1 Å². The largest absolute Gasteiger partial charge is 0.319 e. The van der Waals surface area contributed by atoms with Gasteiger partial charge in [0.2, 0.25) is 0 Å². The maximum atomic E-state index is 10.9. The highest BCUT2D eigenvalue weighted by Crippen LogP contribution is 2.37. The van der Waals surface area contributed by atoms with Crippen LogP contribution in [-0.4, -0.2) is 9.91 Å². The molecule has 0 radical (unpaired) electrons. The predicted molar refractivity (Wildman–Crippen MR) is 83.2 cm³/mol. The van der Waals surface area contributed by atoms with Crippen LogP contribution in [0.2, 0.25) is 0 Å². The van der Waals surface area contributed by atoms with E-state index in [0.29, 0.717) is 0 Å². The molecule has 0 unspecified atom stereocenters. The van der Waals surface area contributed by atoms with Gasteiger partial charge in [0.05, 0.1) is 16.2 Å². The number of rotatable bonds is 3. The summed E-state index contributed by atoms with van der Waals surface area (Å²) in [6.45, 7) is 0. The van der Waals surface area contributed by atoms with Gasteiger partial charge in [-0.05, 0) is 12.8 Å². The fraction of sp³-hybridized carbons (Fsp3) is 0.400. The van der Waals surface area contributed by atoms with Gasteiger partial charge in [-0.2, -0.15) is 0 Å². The Kier molecular flexibility index (Phi) is 3.73. The Hall–Kier alpha value is -1.79. The van der Waals surface area contributed by atoms with Crippen LogP contribution in [0.15, 0.2) is 29.6 Å². The molecular weight excluding hydrogens is 286 g/mol. The molecule has 21 heavy (non-hydrogen) atoms. The van der Waals surface area contributed by atoms with Gasteiger partial charge in [0.15, 0.2) is 0 Å². The highest BCUT2D eigenvalue weighted by molar-refractivity contribution is 7.10. The Labute approximate surface area is 127 Å². The second-order valence-electron chi connectivity index (χ2n) is 5.56. The Morgan fingerprint density at radius 2 is 2.05 bits per heavy atom. The average Bonchev–Trinajstić information content (AvgIpc) is 2.99. The van der Waals surface area contributed by atoms with Crippen molar-refractivity contribution < 1.29 is 4.92 Å². The molecule has 3 rings (SSSR count). The molecule has 0 atom stereocenters. The van der Waals surface area contributed by atoms with Crippen LogP contribution >= 0.6 is 11.3 Å². The van der Waals surface area contributed by atoms with Crippen molar-refractivity contribution in [3.63, 3.8) is 0 Å². The number of nitrogens with zero attached hydrogens (tertiary/aromatic N) is 2. The Balaban J connectivity index is 1.91. The molecule has 2 aromatic rings. The molecule has 0 saturated heterocycles. The molecule has 6 heteroatoms. The van der Waals surface area contributed by atoms with Crippen molar-refractivity contribution in [2.75, 3.05) is 0 Å². The molecule has 1 saturated carbocycles. The van der Waals surface area contributed by atoms with E-state index < -0.39 is 0 Å². The Morgan fingerprint density at radius 3 is 2.76 bits per heavy atom. The molecule has 1 aromatic heterocycles. The molecule has 0 bridgehead atoms. The van der Waals surface area contributed by atoms with Gasteiger partial charge in [-0.15, -0.1) is 11.3 Å². The number of thiazole rings is 1. The first-order valence-electron chi connectivity index (χ1n) is 7.08. The number of hydrogen-bond donors (Lipinski definition) is 1. The fourth-order valence-electron chi connectivity index (χ4n) is 2.81. The number of hydrogen-bond acceptors (Lipinski definition) is 5. The second-order valence-corrected chi connectivity index (χ2v) is 6.42. The van der Waals surface area contributed by atoms with Crippen molar-refractivity contribution in [2.45, 2.75) is 37.6 Å². The van der Waals surface area contributed by atoms with E-state index in [-0.39, 0.29) is 16.1 Å². The van der Waals surface area contributed by atoms with Crippen LogP contribution in [-0.2, 0) is 5.54 Å². The number of benzene rings is 1. The normalized spacial score (nSPS) is 17.6. The lowest BCUT2D eigenvalue weighted by molar-refractivity contribution is -0.384. The maximum absolute atomic E-state index is 10.9. The third-order valence-electron chi connectivity index (χ3n) is 4.03. The topological polar surface area (TPSA) is 82.0 Å². The molecule has 1 aliphatic carbocycles. The standard InChI is InChI=1S/C15H17N3O2S/c16-15(7-2-1-3-8-15)14-17-13(10-21-14)11-5-4-6-12(9-11)18(19)20/h4-6,9-10H,1-3,7-8,16H2. The minimum atomic E-state index is -0.387. The zero-order valence-corrected chi connectivity index (χ0v) is 12.4. The molecule has 2 N–H and O–H groups in total. The van der Waals surface area contributed by atoms with E-state index in [9.17, 15) is 10.1 Å². The van der Waals surface area contributed by atoms with Gasteiger partial charge in [-0.25, -0.2) is 4.98 Å². The number of nitro groups is 1. The first kappa shape index (κ1) is 14.2. The molecule has 0 amide bonds. The van der Waals surface area contributed by atoms with Gasteiger partial charge in [-0.1, -0.05) is 31.4 Å². The van der Waals surface area contributed by atoms with Crippen LogP contribution in [0.25, 0.3) is 11.3 Å². The maximum Gasteiger partial charge on any atom is 0.270 e. The lowest BCUT2D eigenvalue weighted by Gasteiger charge is -2.31. The van der Waals surface area contributed by atoms with E-state index in [1.165, 1.54) is 12.5 Å². The van der Waals surface area contributed by atoms with E-state index >= 15 is 0 Å². The summed E-state index contributed by atoms with van der Waals surface area (Å²) >= 11 is 1.56. The summed E-state index contributed by atoms with van der Waals surface area (Å²) < 4.78 is 0. The first-order chi connectivity index (χ1) is 10.1. The van der Waals surface area contributed by atoms with Crippen LogP contribution in [0.4, 0.5) is 5.69 Å². The molecule has 0 spiro atoms. The molecule has 110 valence electrons. The quantitative estimate of drug-likeness (QED) is 0.690. The predicted octanol–water partition coefficient (Wildman–Crippen LogP) is 3.84. The molecule has 1 heterocycles. The molecule has 1 aliphatic rings. The summed E-state index contributed by atoms with van der Waals surface area (Å²) in [7, 11) is 0. The van der Waals surface area contributed by atoms with E-state index in [1.807, 2.05) is 11.4 Å². The summed E-state index contributed by atoms with van der Waals surface area (Å²) in [4.78, 5) is 15.1. The van der Waals surface area contributed by atoms with Crippen molar-refractivity contribution >= 4 is 17.0 Å². The Bertz CT molecular complexity index is 662. The van der Waals surface area contributed by atoms with Crippen molar-refractivity contribution in [2.24, 2.45) is 5.73 Å². The molecule has 0 aliphatic heterocycles. The number of nitrogens with two attached hydrogens (primary N) is 1.